The highest BCUT2D eigenvalue weighted by Gasteiger charge is 2.20. The van der Waals surface area contributed by atoms with E-state index >= 15 is 0 Å². The number of ether oxygens (including phenoxy) is 1. The number of nitrogens with two attached hydrogens (primary N) is 1. The average Bonchev–Trinajstić information content (AvgIpc) is 3.10. The summed E-state index contributed by atoms with van der Waals surface area (Å²) < 4.78 is 5.66. The molecule has 4 heteroatoms. The fraction of sp³-hybridized carbons (Fsp3) is 0.625. The van der Waals surface area contributed by atoms with Crippen molar-refractivity contribution in [2.45, 2.75) is 31.4 Å². The minimum Gasteiger partial charge on any atom is -0.377 e. The molecule has 1 fully saturated rings. The summed E-state index contributed by atoms with van der Waals surface area (Å²) in [6.45, 7) is 3.56. The molecule has 0 amide bonds. The second kappa shape index (κ2) is 6.12. The lowest BCUT2D eigenvalue weighted by molar-refractivity contribution is 0.107. The number of fused-ring (bicyclic) bond motifs is 1. The molecule has 0 bridgehead atoms. The summed E-state index contributed by atoms with van der Waals surface area (Å²) in [5.74, 6) is 0. The predicted octanol–water partition coefficient (Wildman–Crippen LogP) is 1.45. The first-order chi connectivity index (χ1) is 9.78. The zero-order chi connectivity index (χ0) is 13.9. The molecule has 0 radical (unpaired) electrons. The van der Waals surface area contributed by atoms with Crippen molar-refractivity contribution >= 4 is 5.69 Å². The third kappa shape index (κ3) is 2.82. The first-order valence-corrected chi connectivity index (χ1v) is 7.67. The van der Waals surface area contributed by atoms with E-state index in [0.717, 1.165) is 26.1 Å². The van der Waals surface area contributed by atoms with Crippen molar-refractivity contribution < 1.29 is 4.74 Å². The van der Waals surface area contributed by atoms with E-state index in [-0.39, 0.29) is 6.04 Å². The van der Waals surface area contributed by atoms with E-state index in [0.29, 0.717) is 12.6 Å². The first-order valence-electron chi connectivity index (χ1n) is 7.67. The Hall–Kier alpha value is -1.10. The van der Waals surface area contributed by atoms with Crippen LogP contribution in [0.25, 0.3) is 0 Å². The summed E-state index contributed by atoms with van der Waals surface area (Å²) in [4.78, 5) is 2.32. The molecule has 3 N–H and O–H groups in total. The summed E-state index contributed by atoms with van der Waals surface area (Å²) in [7, 11) is 2.15. The second-order valence-electron chi connectivity index (χ2n) is 5.89. The van der Waals surface area contributed by atoms with Gasteiger partial charge in [-0.15, -0.1) is 0 Å². The Morgan fingerprint density at radius 3 is 3.15 bits per heavy atom. The number of anilines is 1. The summed E-state index contributed by atoms with van der Waals surface area (Å²) in [5.41, 5.74) is 10.1. The normalized spacial score (nSPS) is 23.1. The Bertz CT molecular complexity index is 457. The number of rotatable bonds is 5. The second-order valence-corrected chi connectivity index (χ2v) is 5.89. The molecule has 0 aliphatic carbocycles. The molecular weight excluding hydrogens is 250 g/mol. The Balaban J connectivity index is 1.66. The monoisotopic (exact) mass is 275 g/mol. The molecule has 110 valence electrons. The van der Waals surface area contributed by atoms with Crippen molar-refractivity contribution in [2.24, 2.45) is 5.73 Å². The molecule has 2 aliphatic heterocycles. The molecule has 20 heavy (non-hydrogen) atoms. The Morgan fingerprint density at radius 2 is 2.40 bits per heavy atom. The maximum absolute atomic E-state index is 5.95. The standard InChI is InChI=1S/C16H25N3O/c1-19-7-6-13-9-12(4-5-16(13)19)15(10-17)18-11-14-3-2-8-20-14/h4-5,9,14-15,18H,2-3,6-8,10-11,17H2,1H3. The quantitative estimate of drug-likeness (QED) is 0.854. The van der Waals surface area contributed by atoms with E-state index in [4.69, 9.17) is 10.5 Å². The van der Waals surface area contributed by atoms with Crippen LogP contribution in [0.4, 0.5) is 5.69 Å². The molecule has 0 aromatic heterocycles. The van der Waals surface area contributed by atoms with Crippen LogP contribution < -0.4 is 16.0 Å². The molecule has 2 heterocycles. The number of hydrogen-bond acceptors (Lipinski definition) is 4. The third-order valence-electron chi connectivity index (χ3n) is 4.49. The van der Waals surface area contributed by atoms with Crippen LogP contribution in [-0.2, 0) is 11.2 Å². The smallest absolute Gasteiger partial charge is 0.0700 e. The highest BCUT2D eigenvalue weighted by atomic mass is 16.5. The largest absolute Gasteiger partial charge is 0.377 e. The van der Waals surface area contributed by atoms with Crippen LogP contribution in [0.5, 0.6) is 0 Å². The number of nitrogens with zero attached hydrogens (tertiary/aromatic N) is 1. The number of benzene rings is 1. The summed E-state index contributed by atoms with van der Waals surface area (Å²) >= 11 is 0. The van der Waals surface area contributed by atoms with Crippen LogP contribution in [0.2, 0.25) is 0 Å². The van der Waals surface area contributed by atoms with Gasteiger partial charge < -0.3 is 20.7 Å². The summed E-state index contributed by atoms with van der Waals surface area (Å²) in [5, 5.41) is 3.57. The van der Waals surface area contributed by atoms with Gasteiger partial charge in [0.1, 0.15) is 0 Å². The number of nitrogens with one attached hydrogen (secondary N) is 1. The minimum absolute atomic E-state index is 0.232. The number of likely N-dealkylation sites (N-methyl/N-ethyl adjacent to an activating group) is 1. The zero-order valence-electron chi connectivity index (χ0n) is 12.3. The van der Waals surface area contributed by atoms with E-state index in [2.05, 4.69) is 35.5 Å². The Kier molecular flexibility index (Phi) is 4.24. The molecule has 1 aromatic carbocycles. The van der Waals surface area contributed by atoms with E-state index in [1.54, 1.807) is 0 Å². The minimum atomic E-state index is 0.232. The lowest BCUT2D eigenvalue weighted by atomic mass is 10.0. The molecule has 2 aliphatic rings. The van der Waals surface area contributed by atoms with Gasteiger partial charge in [0.25, 0.3) is 0 Å². The van der Waals surface area contributed by atoms with Gasteiger partial charge in [-0.05, 0) is 36.5 Å². The van der Waals surface area contributed by atoms with E-state index in [9.17, 15) is 0 Å². The fourth-order valence-corrected chi connectivity index (χ4v) is 3.22. The van der Waals surface area contributed by atoms with Gasteiger partial charge >= 0.3 is 0 Å². The van der Waals surface area contributed by atoms with Gasteiger partial charge in [-0.2, -0.15) is 0 Å². The molecule has 0 spiro atoms. The van der Waals surface area contributed by atoms with Crippen molar-refractivity contribution in [1.82, 2.24) is 5.32 Å². The van der Waals surface area contributed by atoms with Gasteiger partial charge in [0.2, 0.25) is 0 Å². The summed E-state index contributed by atoms with van der Waals surface area (Å²) in [6.07, 6.45) is 3.86. The molecule has 0 saturated carbocycles. The first kappa shape index (κ1) is 13.9. The van der Waals surface area contributed by atoms with Crippen molar-refractivity contribution in [3.05, 3.63) is 29.3 Å². The van der Waals surface area contributed by atoms with Crippen LogP contribution in [0, 0.1) is 0 Å². The van der Waals surface area contributed by atoms with Crippen LogP contribution in [0.3, 0.4) is 0 Å². The molecule has 2 unspecified atom stereocenters. The predicted molar refractivity (Wildman–Crippen MR) is 82.2 cm³/mol. The van der Waals surface area contributed by atoms with Gasteiger partial charge in [-0.1, -0.05) is 12.1 Å². The van der Waals surface area contributed by atoms with Gasteiger partial charge in [-0.25, -0.2) is 0 Å². The highest BCUT2D eigenvalue weighted by molar-refractivity contribution is 5.58. The molecule has 1 saturated heterocycles. The Morgan fingerprint density at radius 1 is 1.50 bits per heavy atom. The van der Waals surface area contributed by atoms with Crippen LogP contribution in [0.1, 0.15) is 30.0 Å². The number of hydrogen-bond donors (Lipinski definition) is 2. The van der Waals surface area contributed by atoms with Crippen molar-refractivity contribution in [1.29, 1.82) is 0 Å². The molecule has 3 rings (SSSR count). The van der Waals surface area contributed by atoms with Gasteiger partial charge in [-0.3, -0.25) is 0 Å². The highest BCUT2D eigenvalue weighted by Crippen LogP contribution is 2.29. The maximum atomic E-state index is 5.95. The Labute approximate surface area is 121 Å². The van der Waals surface area contributed by atoms with E-state index in [1.165, 1.54) is 29.7 Å². The van der Waals surface area contributed by atoms with Gasteiger partial charge in [0, 0.05) is 45.0 Å². The zero-order valence-corrected chi connectivity index (χ0v) is 12.3. The van der Waals surface area contributed by atoms with Crippen molar-refractivity contribution in [3.63, 3.8) is 0 Å². The lowest BCUT2D eigenvalue weighted by Gasteiger charge is -2.21. The van der Waals surface area contributed by atoms with Gasteiger partial charge in [0.05, 0.1) is 6.10 Å². The molecule has 4 nitrogen and oxygen atoms in total. The maximum Gasteiger partial charge on any atom is 0.0700 e. The van der Waals surface area contributed by atoms with Crippen molar-refractivity contribution in [3.8, 4) is 0 Å². The van der Waals surface area contributed by atoms with Crippen LogP contribution in [-0.4, -0.2) is 39.4 Å². The fourth-order valence-electron chi connectivity index (χ4n) is 3.22. The van der Waals surface area contributed by atoms with E-state index < -0.39 is 0 Å². The van der Waals surface area contributed by atoms with E-state index in [1.807, 2.05) is 0 Å². The van der Waals surface area contributed by atoms with Crippen LogP contribution in [0.15, 0.2) is 18.2 Å². The molecule has 1 aromatic rings. The van der Waals surface area contributed by atoms with Gasteiger partial charge in [0.15, 0.2) is 0 Å². The molecular formula is C16H25N3O. The van der Waals surface area contributed by atoms with Crippen LogP contribution >= 0.6 is 0 Å². The SMILES string of the molecule is CN1CCc2cc(C(CN)NCC3CCCO3)ccc21. The van der Waals surface area contributed by atoms with Crippen molar-refractivity contribution in [2.75, 3.05) is 38.2 Å². The lowest BCUT2D eigenvalue weighted by Crippen LogP contribution is -2.34. The molecule has 2 atom stereocenters. The average molecular weight is 275 g/mol. The summed E-state index contributed by atoms with van der Waals surface area (Å²) in [6, 6.07) is 6.99. The topological polar surface area (TPSA) is 50.5 Å². The third-order valence-corrected chi connectivity index (χ3v) is 4.49.